The third-order valence-corrected chi connectivity index (χ3v) is 2.57. The Kier molecular flexibility index (Phi) is 3.96. The molecule has 1 aromatic carbocycles. The highest BCUT2D eigenvalue weighted by Gasteiger charge is 2.04. The molecular formula is C13H12ClNO2. The summed E-state index contributed by atoms with van der Waals surface area (Å²) in [6, 6.07) is 8.96. The molecule has 0 saturated heterocycles. The first-order valence-electron chi connectivity index (χ1n) is 5.20. The molecule has 0 amide bonds. The monoisotopic (exact) mass is 249 g/mol. The molecule has 4 heteroatoms. The van der Waals surface area contributed by atoms with Crippen molar-refractivity contribution in [3.63, 3.8) is 0 Å². The van der Waals surface area contributed by atoms with Gasteiger partial charge in [0.05, 0.1) is 6.61 Å². The van der Waals surface area contributed by atoms with E-state index < -0.39 is 0 Å². The summed E-state index contributed by atoms with van der Waals surface area (Å²) in [7, 11) is 0. The number of rotatable bonds is 4. The van der Waals surface area contributed by atoms with E-state index >= 15 is 0 Å². The maximum Gasteiger partial charge on any atom is 0.125 e. The molecule has 0 atom stereocenters. The molecule has 0 saturated carbocycles. The zero-order valence-corrected chi connectivity index (χ0v) is 9.89. The molecule has 1 heterocycles. The number of benzene rings is 1. The fraction of sp³-hybridized carbons (Fsp3) is 0.154. The lowest BCUT2D eigenvalue weighted by Crippen LogP contribution is -1.98. The van der Waals surface area contributed by atoms with Crippen molar-refractivity contribution in [2.75, 3.05) is 0 Å². The minimum Gasteiger partial charge on any atom is -0.489 e. The van der Waals surface area contributed by atoms with Crippen LogP contribution in [0.3, 0.4) is 0 Å². The number of nitrogens with zero attached hydrogens (tertiary/aromatic N) is 1. The number of ether oxygens (including phenoxy) is 1. The Bertz CT molecular complexity index is 488. The Morgan fingerprint density at radius 3 is 2.65 bits per heavy atom. The lowest BCUT2D eigenvalue weighted by Gasteiger charge is -2.10. The Balaban J connectivity index is 2.09. The predicted octanol–water partition coefficient (Wildman–Crippen LogP) is 2.81. The van der Waals surface area contributed by atoms with Crippen LogP contribution in [0.15, 0.2) is 42.7 Å². The summed E-state index contributed by atoms with van der Waals surface area (Å²) in [5.41, 5.74) is 1.71. The molecule has 2 aromatic rings. The van der Waals surface area contributed by atoms with Gasteiger partial charge in [-0.05, 0) is 35.9 Å². The van der Waals surface area contributed by atoms with Gasteiger partial charge in [-0.15, -0.1) is 0 Å². The molecule has 1 N–H and O–H groups in total. The lowest BCUT2D eigenvalue weighted by atomic mass is 10.2. The van der Waals surface area contributed by atoms with Crippen LogP contribution in [-0.4, -0.2) is 10.1 Å². The summed E-state index contributed by atoms with van der Waals surface area (Å²) in [4.78, 5) is 3.93. The fourth-order valence-corrected chi connectivity index (χ4v) is 1.65. The van der Waals surface area contributed by atoms with Crippen LogP contribution >= 0.6 is 11.6 Å². The van der Waals surface area contributed by atoms with Gasteiger partial charge in [-0.25, -0.2) is 0 Å². The summed E-state index contributed by atoms with van der Waals surface area (Å²) in [6.07, 6.45) is 3.43. The molecule has 1 aromatic heterocycles. The SMILES string of the molecule is OCc1cc(Cl)ccc1OCc1ccncc1. The van der Waals surface area contributed by atoms with Crippen LogP contribution in [0.25, 0.3) is 0 Å². The van der Waals surface area contributed by atoms with Crippen LogP contribution in [0.1, 0.15) is 11.1 Å². The van der Waals surface area contributed by atoms with Crippen molar-refractivity contribution in [3.05, 3.63) is 58.9 Å². The minimum atomic E-state index is -0.0910. The van der Waals surface area contributed by atoms with Gasteiger partial charge in [0, 0.05) is 23.0 Å². The first kappa shape index (κ1) is 11.9. The van der Waals surface area contributed by atoms with Gasteiger partial charge < -0.3 is 9.84 Å². The molecule has 3 nitrogen and oxygen atoms in total. The van der Waals surface area contributed by atoms with Crippen molar-refractivity contribution < 1.29 is 9.84 Å². The van der Waals surface area contributed by atoms with Crippen molar-refractivity contribution in [2.24, 2.45) is 0 Å². The van der Waals surface area contributed by atoms with E-state index in [0.717, 1.165) is 5.56 Å². The number of halogens is 1. The molecular weight excluding hydrogens is 238 g/mol. The van der Waals surface area contributed by atoms with E-state index in [9.17, 15) is 5.11 Å². The number of aliphatic hydroxyl groups is 1. The number of hydrogen-bond donors (Lipinski definition) is 1. The van der Waals surface area contributed by atoms with Gasteiger partial charge >= 0.3 is 0 Å². The molecule has 88 valence electrons. The largest absolute Gasteiger partial charge is 0.489 e. The maximum atomic E-state index is 9.19. The van der Waals surface area contributed by atoms with E-state index in [4.69, 9.17) is 16.3 Å². The molecule has 17 heavy (non-hydrogen) atoms. The van der Waals surface area contributed by atoms with E-state index in [1.54, 1.807) is 30.6 Å². The standard InChI is InChI=1S/C13H12ClNO2/c14-12-1-2-13(11(7-12)8-16)17-9-10-3-5-15-6-4-10/h1-7,16H,8-9H2. The number of hydrogen-bond acceptors (Lipinski definition) is 3. The van der Waals surface area contributed by atoms with Gasteiger partial charge in [0.2, 0.25) is 0 Å². The van der Waals surface area contributed by atoms with E-state index in [0.29, 0.717) is 22.9 Å². The fourth-order valence-electron chi connectivity index (χ4n) is 1.45. The maximum absolute atomic E-state index is 9.19. The lowest BCUT2D eigenvalue weighted by molar-refractivity contribution is 0.259. The van der Waals surface area contributed by atoms with Crippen LogP contribution in [0.4, 0.5) is 0 Å². The second-order valence-corrected chi connectivity index (χ2v) is 3.99. The topological polar surface area (TPSA) is 42.4 Å². The molecule has 0 fully saturated rings. The van der Waals surface area contributed by atoms with Crippen molar-refractivity contribution in [3.8, 4) is 5.75 Å². The summed E-state index contributed by atoms with van der Waals surface area (Å²) in [5.74, 6) is 0.647. The zero-order chi connectivity index (χ0) is 12.1. The average Bonchev–Trinajstić information content (AvgIpc) is 2.38. The second-order valence-electron chi connectivity index (χ2n) is 3.55. The van der Waals surface area contributed by atoms with Gasteiger partial charge in [-0.2, -0.15) is 0 Å². The first-order chi connectivity index (χ1) is 8.29. The van der Waals surface area contributed by atoms with E-state index in [-0.39, 0.29) is 6.61 Å². The van der Waals surface area contributed by atoms with Crippen molar-refractivity contribution in [1.29, 1.82) is 0 Å². The van der Waals surface area contributed by atoms with Crippen LogP contribution in [-0.2, 0) is 13.2 Å². The molecule has 0 spiro atoms. The van der Waals surface area contributed by atoms with Gasteiger partial charge in [-0.3, -0.25) is 4.98 Å². The van der Waals surface area contributed by atoms with Crippen LogP contribution < -0.4 is 4.74 Å². The first-order valence-corrected chi connectivity index (χ1v) is 5.58. The minimum absolute atomic E-state index is 0.0910. The molecule has 0 bridgehead atoms. The Hall–Kier alpha value is -1.58. The molecule has 0 aliphatic rings. The van der Waals surface area contributed by atoms with E-state index in [2.05, 4.69) is 4.98 Å². The van der Waals surface area contributed by atoms with E-state index in [1.807, 2.05) is 12.1 Å². The predicted molar refractivity (Wildman–Crippen MR) is 65.9 cm³/mol. The van der Waals surface area contributed by atoms with Crippen LogP contribution in [0.5, 0.6) is 5.75 Å². The molecule has 0 radical (unpaired) electrons. The van der Waals surface area contributed by atoms with Gasteiger partial charge in [-0.1, -0.05) is 11.6 Å². The van der Waals surface area contributed by atoms with Crippen molar-refractivity contribution in [1.82, 2.24) is 4.98 Å². The smallest absolute Gasteiger partial charge is 0.125 e. The summed E-state index contributed by atoms with van der Waals surface area (Å²) < 4.78 is 5.62. The highest BCUT2D eigenvalue weighted by molar-refractivity contribution is 6.30. The highest BCUT2D eigenvalue weighted by Crippen LogP contribution is 2.23. The Morgan fingerprint density at radius 2 is 1.94 bits per heavy atom. The van der Waals surface area contributed by atoms with Crippen LogP contribution in [0, 0.1) is 0 Å². The molecule has 0 aliphatic heterocycles. The highest BCUT2D eigenvalue weighted by atomic mass is 35.5. The summed E-state index contributed by atoms with van der Waals surface area (Å²) in [5, 5.41) is 9.78. The average molecular weight is 250 g/mol. The van der Waals surface area contributed by atoms with E-state index in [1.165, 1.54) is 0 Å². The normalized spacial score (nSPS) is 10.2. The van der Waals surface area contributed by atoms with Crippen LogP contribution in [0.2, 0.25) is 5.02 Å². The van der Waals surface area contributed by atoms with Crippen molar-refractivity contribution in [2.45, 2.75) is 13.2 Å². The van der Waals surface area contributed by atoms with Gasteiger partial charge in [0.25, 0.3) is 0 Å². The number of aliphatic hydroxyl groups excluding tert-OH is 1. The van der Waals surface area contributed by atoms with Gasteiger partial charge in [0.15, 0.2) is 0 Å². The number of aromatic nitrogens is 1. The molecule has 0 aliphatic carbocycles. The summed E-state index contributed by atoms with van der Waals surface area (Å²) >= 11 is 5.84. The Morgan fingerprint density at radius 1 is 1.18 bits per heavy atom. The van der Waals surface area contributed by atoms with Gasteiger partial charge in [0.1, 0.15) is 12.4 Å². The molecule has 2 rings (SSSR count). The number of pyridine rings is 1. The zero-order valence-electron chi connectivity index (χ0n) is 9.14. The Labute approximate surface area is 105 Å². The molecule has 0 unspecified atom stereocenters. The second kappa shape index (κ2) is 5.66. The third-order valence-electron chi connectivity index (χ3n) is 2.34. The summed E-state index contributed by atoms with van der Waals surface area (Å²) in [6.45, 7) is 0.351. The quantitative estimate of drug-likeness (QED) is 0.906. The third kappa shape index (κ3) is 3.19. The van der Waals surface area contributed by atoms with Crippen molar-refractivity contribution >= 4 is 11.6 Å².